The molecule has 1 saturated heterocycles. The van der Waals surface area contributed by atoms with Crippen LogP contribution in [0.1, 0.15) is 19.8 Å². The van der Waals surface area contributed by atoms with Crippen LogP contribution in [0.5, 0.6) is 0 Å². The van der Waals surface area contributed by atoms with Crippen molar-refractivity contribution >= 4 is 5.97 Å². The molecule has 1 heterocycles. The summed E-state index contributed by atoms with van der Waals surface area (Å²) in [4.78, 5) is 11.2. The van der Waals surface area contributed by atoms with Gasteiger partial charge in [-0.2, -0.15) is 0 Å². The summed E-state index contributed by atoms with van der Waals surface area (Å²) in [6.07, 6.45) is 0.967. The van der Waals surface area contributed by atoms with Gasteiger partial charge in [0.05, 0.1) is 0 Å². The maximum Gasteiger partial charge on any atom is 0.335 e. The van der Waals surface area contributed by atoms with Gasteiger partial charge in [-0.3, -0.25) is 0 Å². The van der Waals surface area contributed by atoms with E-state index in [0.717, 1.165) is 0 Å². The summed E-state index contributed by atoms with van der Waals surface area (Å²) in [7, 11) is 0. The molecule has 3 nitrogen and oxygen atoms in total. The van der Waals surface area contributed by atoms with Crippen molar-refractivity contribution in [3.05, 3.63) is 12.2 Å². The number of cyclic esters (lactones) is 1. The third kappa shape index (κ3) is 2.15. The zero-order chi connectivity index (χ0) is 10.6. The molecule has 0 aromatic carbocycles. The minimum absolute atomic E-state index is 0.0536. The second-order valence-corrected chi connectivity index (χ2v) is 3.22. The van der Waals surface area contributed by atoms with Gasteiger partial charge in [-0.25, -0.2) is 4.79 Å². The molecule has 0 aromatic heterocycles. The van der Waals surface area contributed by atoms with Crippen LogP contribution in [-0.2, 0) is 9.53 Å². The van der Waals surface area contributed by atoms with Crippen molar-refractivity contribution in [3.63, 3.8) is 0 Å². The van der Waals surface area contributed by atoms with E-state index in [9.17, 15) is 4.79 Å². The number of carbonyl (C=O) groups is 1. The Kier molecular flexibility index (Phi) is 3.73. The molecule has 1 rings (SSSR count). The van der Waals surface area contributed by atoms with Crippen molar-refractivity contribution in [1.29, 1.82) is 0 Å². The first-order valence-corrected chi connectivity index (χ1v) is 4.63. The number of hydrogen-bond acceptors (Lipinski definition) is 3. The van der Waals surface area contributed by atoms with Crippen LogP contribution in [0.3, 0.4) is 0 Å². The number of hydrogen-bond donors (Lipinski definition) is 1. The Morgan fingerprint density at radius 3 is 2.93 bits per heavy atom. The molecule has 0 radical (unpaired) electrons. The van der Waals surface area contributed by atoms with Crippen LogP contribution in [-0.4, -0.2) is 23.8 Å². The van der Waals surface area contributed by atoms with Gasteiger partial charge in [-0.05, 0) is 19.8 Å². The molecule has 1 N–H and O–H groups in total. The fraction of sp³-hybridized carbons (Fsp3) is 0.545. The standard InChI is InChI=1S/C11H14O3/c1-3-5-10-9(6-4-7-12)8(2)11(13)14-10/h9-10,12H,2,4,6-7H2,1H3/t9-,10+/m1/s1. The van der Waals surface area contributed by atoms with E-state index in [4.69, 9.17) is 9.84 Å². The quantitative estimate of drug-likeness (QED) is 0.412. The second kappa shape index (κ2) is 4.83. The lowest BCUT2D eigenvalue weighted by Crippen LogP contribution is -2.14. The van der Waals surface area contributed by atoms with E-state index in [-0.39, 0.29) is 24.6 Å². The number of carbonyl (C=O) groups excluding carboxylic acids is 1. The number of rotatable bonds is 3. The van der Waals surface area contributed by atoms with Crippen LogP contribution in [0.25, 0.3) is 0 Å². The number of ether oxygens (including phenoxy) is 1. The lowest BCUT2D eigenvalue weighted by Gasteiger charge is -2.10. The molecule has 0 aliphatic carbocycles. The van der Waals surface area contributed by atoms with Gasteiger partial charge >= 0.3 is 5.97 Å². The minimum Gasteiger partial charge on any atom is -0.445 e. The minimum atomic E-state index is -0.369. The zero-order valence-corrected chi connectivity index (χ0v) is 8.25. The number of aliphatic hydroxyl groups is 1. The van der Waals surface area contributed by atoms with Crippen molar-refractivity contribution in [3.8, 4) is 11.8 Å². The molecule has 0 amide bonds. The fourth-order valence-corrected chi connectivity index (χ4v) is 1.52. The van der Waals surface area contributed by atoms with Crippen LogP contribution in [0.2, 0.25) is 0 Å². The molecule has 1 fully saturated rings. The highest BCUT2D eigenvalue weighted by Crippen LogP contribution is 2.29. The summed E-state index contributed by atoms with van der Waals surface area (Å²) in [5.41, 5.74) is 0.478. The monoisotopic (exact) mass is 194 g/mol. The summed E-state index contributed by atoms with van der Waals surface area (Å²) in [6, 6.07) is 0. The Balaban J connectivity index is 2.69. The molecule has 2 atom stereocenters. The van der Waals surface area contributed by atoms with E-state index < -0.39 is 0 Å². The van der Waals surface area contributed by atoms with Gasteiger partial charge in [0.15, 0.2) is 6.10 Å². The van der Waals surface area contributed by atoms with Crippen molar-refractivity contribution in [1.82, 2.24) is 0 Å². The van der Waals surface area contributed by atoms with E-state index in [2.05, 4.69) is 18.4 Å². The van der Waals surface area contributed by atoms with E-state index >= 15 is 0 Å². The Labute approximate surface area is 83.8 Å². The lowest BCUT2D eigenvalue weighted by atomic mass is 9.92. The highest BCUT2D eigenvalue weighted by Gasteiger charge is 2.36. The van der Waals surface area contributed by atoms with Gasteiger partial charge in [0, 0.05) is 18.1 Å². The van der Waals surface area contributed by atoms with Crippen molar-refractivity contribution in [2.24, 2.45) is 5.92 Å². The van der Waals surface area contributed by atoms with Gasteiger partial charge in [0.25, 0.3) is 0 Å². The Bertz CT molecular complexity index is 295. The second-order valence-electron chi connectivity index (χ2n) is 3.22. The van der Waals surface area contributed by atoms with Gasteiger partial charge < -0.3 is 9.84 Å². The van der Waals surface area contributed by atoms with Crippen molar-refractivity contribution < 1.29 is 14.6 Å². The lowest BCUT2D eigenvalue weighted by molar-refractivity contribution is -0.137. The third-order valence-corrected chi connectivity index (χ3v) is 2.27. The first-order valence-electron chi connectivity index (χ1n) is 4.63. The third-order valence-electron chi connectivity index (χ3n) is 2.27. The van der Waals surface area contributed by atoms with E-state index in [0.29, 0.717) is 18.4 Å². The number of esters is 1. The molecule has 3 heteroatoms. The van der Waals surface area contributed by atoms with Gasteiger partial charge in [0.1, 0.15) is 0 Å². The molecule has 76 valence electrons. The highest BCUT2D eigenvalue weighted by molar-refractivity contribution is 5.91. The first kappa shape index (κ1) is 10.8. The number of aliphatic hydroxyl groups excluding tert-OH is 1. The maximum atomic E-state index is 11.2. The Hall–Kier alpha value is -1.27. The first-order chi connectivity index (χ1) is 6.70. The predicted octanol–water partition coefficient (Wildman–Crippen LogP) is 0.880. The fourth-order valence-electron chi connectivity index (χ4n) is 1.52. The molecule has 0 bridgehead atoms. The van der Waals surface area contributed by atoms with Crippen molar-refractivity contribution in [2.45, 2.75) is 25.9 Å². The normalized spacial score (nSPS) is 25.6. The average Bonchev–Trinajstić information content (AvgIpc) is 2.42. The molecule has 1 aliphatic heterocycles. The predicted molar refractivity (Wildman–Crippen MR) is 52.3 cm³/mol. The Morgan fingerprint density at radius 2 is 2.36 bits per heavy atom. The smallest absolute Gasteiger partial charge is 0.335 e. The topological polar surface area (TPSA) is 46.5 Å². The molecule has 0 unspecified atom stereocenters. The SMILES string of the molecule is C=C1C(=O)O[C@@H](C#CC)[C@@H]1CCCO. The molecule has 14 heavy (non-hydrogen) atoms. The molecular weight excluding hydrogens is 180 g/mol. The highest BCUT2D eigenvalue weighted by atomic mass is 16.5. The molecule has 0 spiro atoms. The van der Waals surface area contributed by atoms with Crippen LogP contribution in [0.15, 0.2) is 12.2 Å². The van der Waals surface area contributed by atoms with Crippen LogP contribution in [0.4, 0.5) is 0 Å². The summed E-state index contributed by atoms with van der Waals surface area (Å²) < 4.78 is 5.03. The molecule has 0 aromatic rings. The van der Waals surface area contributed by atoms with Gasteiger partial charge in [-0.1, -0.05) is 12.5 Å². The van der Waals surface area contributed by atoms with Crippen LogP contribution < -0.4 is 0 Å². The average molecular weight is 194 g/mol. The van der Waals surface area contributed by atoms with Crippen molar-refractivity contribution in [2.75, 3.05) is 6.61 Å². The van der Waals surface area contributed by atoms with Crippen LogP contribution in [0, 0.1) is 17.8 Å². The van der Waals surface area contributed by atoms with Gasteiger partial charge in [-0.15, -0.1) is 5.92 Å². The summed E-state index contributed by atoms with van der Waals surface area (Å²) in [6.45, 7) is 5.50. The van der Waals surface area contributed by atoms with E-state index in [1.807, 2.05) is 0 Å². The summed E-state index contributed by atoms with van der Waals surface area (Å²) in [5.74, 6) is 5.14. The maximum absolute atomic E-state index is 11.2. The largest absolute Gasteiger partial charge is 0.445 e. The van der Waals surface area contributed by atoms with E-state index in [1.165, 1.54) is 0 Å². The molecule has 1 aliphatic rings. The van der Waals surface area contributed by atoms with E-state index in [1.54, 1.807) is 6.92 Å². The molecule has 0 saturated carbocycles. The molecular formula is C11H14O3. The zero-order valence-electron chi connectivity index (χ0n) is 8.25. The van der Waals surface area contributed by atoms with Gasteiger partial charge in [0.2, 0.25) is 0 Å². The summed E-state index contributed by atoms with van der Waals surface area (Å²) in [5, 5.41) is 8.70. The summed E-state index contributed by atoms with van der Waals surface area (Å²) >= 11 is 0. The van der Waals surface area contributed by atoms with Crippen LogP contribution >= 0.6 is 0 Å². The Morgan fingerprint density at radius 1 is 1.64 bits per heavy atom.